The van der Waals surface area contributed by atoms with Crippen molar-refractivity contribution in [1.82, 2.24) is 15.0 Å². The second kappa shape index (κ2) is 4.71. The molecule has 6 heteroatoms. The van der Waals surface area contributed by atoms with E-state index in [2.05, 4.69) is 37.5 Å². The van der Waals surface area contributed by atoms with E-state index in [0.717, 1.165) is 14.3 Å². The van der Waals surface area contributed by atoms with Crippen LogP contribution >= 0.6 is 45.5 Å². The predicted octanol–water partition coefficient (Wildman–Crippen LogP) is 3.09. The highest BCUT2D eigenvalue weighted by Gasteiger charge is 2.05. The third-order valence-electron chi connectivity index (χ3n) is 1.76. The topological polar surface area (TPSA) is 38.7 Å². The van der Waals surface area contributed by atoms with Gasteiger partial charge in [0, 0.05) is 11.6 Å². The molecular weight excluding hydrogens is 345 g/mol. The van der Waals surface area contributed by atoms with Gasteiger partial charge in [0.2, 0.25) is 0 Å². The molecule has 0 amide bonds. The average molecular weight is 352 g/mol. The summed E-state index contributed by atoms with van der Waals surface area (Å²) in [5.74, 6) is 0.714. The van der Waals surface area contributed by atoms with E-state index in [0.29, 0.717) is 17.4 Å². The van der Waals surface area contributed by atoms with Crippen LogP contribution in [0.2, 0.25) is 5.15 Å². The molecule has 0 aliphatic carbocycles. The molecule has 0 saturated carbocycles. The van der Waals surface area contributed by atoms with Crippen LogP contribution in [0.1, 0.15) is 16.5 Å². The largest absolute Gasteiger partial charge is 0.246 e. The number of hydrogen-bond donors (Lipinski definition) is 0. The summed E-state index contributed by atoms with van der Waals surface area (Å²) in [4.78, 5) is 12.7. The Labute approximate surface area is 110 Å². The average Bonchev–Trinajstić information content (AvgIpc) is 2.58. The lowest BCUT2D eigenvalue weighted by molar-refractivity contribution is 0.935. The number of halogens is 2. The van der Waals surface area contributed by atoms with Gasteiger partial charge in [-0.2, -0.15) is 0 Å². The minimum Gasteiger partial charge on any atom is -0.246 e. The Balaban J connectivity index is 2.21. The lowest BCUT2D eigenvalue weighted by Gasteiger charge is -1.98. The van der Waals surface area contributed by atoms with Crippen LogP contribution in [0, 0.1) is 10.5 Å². The molecule has 3 nitrogen and oxygen atoms in total. The second-order valence-electron chi connectivity index (χ2n) is 2.96. The van der Waals surface area contributed by atoms with Crippen LogP contribution in [0.5, 0.6) is 0 Å². The van der Waals surface area contributed by atoms with Crippen molar-refractivity contribution in [3.05, 3.63) is 36.8 Å². The molecule has 0 bridgehead atoms. The third-order valence-corrected chi connectivity index (χ3v) is 3.98. The summed E-state index contributed by atoms with van der Waals surface area (Å²) in [5.41, 5.74) is 0.995. The Morgan fingerprint density at radius 3 is 2.87 bits per heavy atom. The van der Waals surface area contributed by atoms with Gasteiger partial charge in [-0.15, -0.1) is 11.3 Å². The van der Waals surface area contributed by atoms with Gasteiger partial charge in [-0.1, -0.05) is 11.6 Å². The fourth-order valence-corrected chi connectivity index (χ4v) is 2.14. The van der Waals surface area contributed by atoms with Gasteiger partial charge in [0.1, 0.15) is 11.0 Å². The molecule has 0 fully saturated rings. The summed E-state index contributed by atoms with van der Waals surface area (Å²) < 4.78 is 0.868. The molecule has 2 rings (SSSR count). The molecule has 0 atom stereocenters. The van der Waals surface area contributed by atoms with Gasteiger partial charge in [0.25, 0.3) is 0 Å². The molecular formula is C9H7ClIN3S. The summed E-state index contributed by atoms with van der Waals surface area (Å²) in [6.45, 7) is 1.98. The van der Waals surface area contributed by atoms with E-state index >= 15 is 0 Å². The highest BCUT2D eigenvalue weighted by molar-refractivity contribution is 14.1. The van der Waals surface area contributed by atoms with Gasteiger partial charge in [0.05, 0.1) is 20.7 Å². The first-order valence-electron chi connectivity index (χ1n) is 4.23. The minimum atomic E-state index is 0.507. The molecule has 0 aromatic carbocycles. The zero-order valence-electron chi connectivity index (χ0n) is 7.87. The zero-order valence-corrected chi connectivity index (χ0v) is 11.6. The van der Waals surface area contributed by atoms with Crippen LogP contribution in [0.4, 0.5) is 0 Å². The van der Waals surface area contributed by atoms with E-state index < -0.39 is 0 Å². The molecule has 2 aromatic heterocycles. The second-order valence-corrected chi connectivity index (χ2v) is 5.54. The number of aryl methyl sites for hydroxylation is 1. The number of thiazole rings is 1. The van der Waals surface area contributed by atoms with Gasteiger partial charge in [0.15, 0.2) is 0 Å². The van der Waals surface area contributed by atoms with E-state index in [9.17, 15) is 0 Å². The first-order valence-corrected chi connectivity index (χ1v) is 6.56. The van der Waals surface area contributed by atoms with E-state index in [1.54, 1.807) is 17.5 Å². The van der Waals surface area contributed by atoms with Crippen LogP contribution in [-0.2, 0) is 6.42 Å². The van der Waals surface area contributed by atoms with Gasteiger partial charge >= 0.3 is 0 Å². The summed E-state index contributed by atoms with van der Waals surface area (Å²) in [7, 11) is 0. The maximum absolute atomic E-state index is 5.91. The molecule has 0 aliphatic rings. The van der Waals surface area contributed by atoms with Crippen LogP contribution in [0.3, 0.4) is 0 Å². The Kier molecular flexibility index (Phi) is 3.53. The van der Waals surface area contributed by atoms with E-state index in [1.165, 1.54) is 0 Å². The molecule has 78 valence electrons. The van der Waals surface area contributed by atoms with Crippen molar-refractivity contribution in [2.24, 2.45) is 0 Å². The molecule has 0 aliphatic heterocycles. The zero-order chi connectivity index (χ0) is 10.8. The van der Waals surface area contributed by atoms with E-state index in [1.807, 2.05) is 12.3 Å². The molecule has 0 radical (unpaired) electrons. The van der Waals surface area contributed by atoms with Gasteiger partial charge < -0.3 is 0 Å². The maximum Gasteiger partial charge on any atom is 0.146 e. The Hall–Kier alpha value is -0.270. The van der Waals surface area contributed by atoms with Gasteiger partial charge in [-0.25, -0.2) is 15.0 Å². The van der Waals surface area contributed by atoms with E-state index in [4.69, 9.17) is 11.6 Å². The van der Waals surface area contributed by atoms with Crippen molar-refractivity contribution >= 4 is 45.5 Å². The molecule has 0 N–H and O–H groups in total. The highest BCUT2D eigenvalue weighted by Crippen LogP contribution is 2.16. The third kappa shape index (κ3) is 2.85. The number of nitrogens with zero attached hydrogens (tertiary/aromatic N) is 3. The Morgan fingerprint density at radius 1 is 1.47 bits per heavy atom. The van der Waals surface area contributed by atoms with Crippen LogP contribution < -0.4 is 0 Å². The predicted molar refractivity (Wildman–Crippen MR) is 69.4 cm³/mol. The molecule has 0 saturated heterocycles. The fourth-order valence-electron chi connectivity index (χ4n) is 1.12. The standard InChI is InChI=1S/C9H7ClIN3S/c1-5-13-6(4-15-5)2-8-12-3-7(11)9(10)14-8/h3-4H,2H2,1H3. The Bertz CT molecular complexity index is 486. The van der Waals surface area contributed by atoms with Crippen molar-refractivity contribution in [3.8, 4) is 0 Å². The van der Waals surface area contributed by atoms with Gasteiger partial charge in [-0.3, -0.25) is 0 Å². The van der Waals surface area contributed by atoms with Crippen molar-refractivity contribution in [2.45, 2.75) is 13.3 Å². The molecule has 2 aromatic rings. The van der Waals surface area contributed by atoms with Crippen molar-refractivity contribution in [3.63, 3.8) is 0 Å². The summed E-state index contributed by atoms with van der Waals surface area (Å²) in [6, 6.07) is 0. The van der Waals surface area contributed by atoms with Crippen LogP contribution in [0.15, 0.2) is 11.6 Å². The van der Waals surface area contributed by atoms with Crippen molar-refractivity contribution < 1.29 is 0 Å². The van der Waals surface area contributed by atoms with Gasteiger partial charge in [-0.05, 0) is 29.5 Å². The minimum absolute atomic E-state index is 0.507. The first-order chi connectivity index (χ1) is 7.15. The van der Waals surface area contributed by atoms with Crippen LogP contribution in [-0.4, -0.2) is 15.0 Å². The quantitative estimate of drug-likeness (QED) is 0.616. The normalized spacial score (nSPS) is 10.6. The first kappa shape index (κ1) is 11.2. The number of rotatable bonds is 2. The molecule has 0 spiro atoms. The van der Waals surface area contributed by atoms with E-state index in [-0.39, 0.29) is 0 Å². The SMILES string of the molecule is Cc1nc(Cc2ncc(I)c(Cl)n2)cs1. The summed E-state index contributed by atoms with van der Waals surface area (Å²) in [5, 5.41) is 3.58. The fraction of sp³-hybridized carbons (Fsp3) is 0.222. The molecule has 15 heavy (non-hydrogen) atoms. The monoisotopic (exact) mass is 351 g/mol. The molecule has 2 heterocycles. The summed E-state index contributed by atoms with van der Waals surface area (Å²) in [6.07, 6.45) is 2.37. The smallest absolute Gasteiger partial charge is 0.146 e. The highest BCUT2D eigenvalue weighted by atomic mass is 127. The van der Waals surface area contributed by atoms with Crippen molar-refractivity contribution in [1.29, 1.82) is 0 Å². The maximum atomic E-state index is 5.91. The number of hydrogen-bond acceptors (Lipinski definition) is 4. The Morgan fingerprint density at radius 2 is 2.27 bits per heavy atom. The number of aromatic nitrogens is 3. The lowest BCUT2D eigenvalue weighted by atomic mass is 10.3. The lowest BCUT2D eigenvalue weighted by Crippen LogP contribution is -1.98. The van der Waals surface area contributed by atoms with Crippen LogP contribution in [0.25, 0.3) is 0 Å². The summed E-state index contributed by atoms with van der Waals surface area (Å²) >= 11 is 9.64. The molecule has 0 unspecified atom stereocenters. The van der Waals surface area contributed by atoms with Crippen molar-refractivity contribution in [2.75, 3.05) is 0 Å².